The van der Waals surface area contributed by atoms with Crippen LogP contribution in [0.2, 0.25) is 0 Å². The van der Waals surface area contributed by atoms with E-state index in [4.69, 9.17) is 5.26 Å². The molecule has 1 atom stereocenters. The van der Waals surface area contributed by atoms with Gasteiger partial charge in [0.05, 0.1) is 23.4 Å². The molecule has 0 saturated carbocycles. The van der Waals surface area contributed by atoms with E-state index in [1.807, 2.05) is 13.0 Å². The second-order valence-corrected chi connectivity index (χ2v) is 4.17. The highest BCUT2D eigenvalue weighted by molar-refractivity contribution is 5.99. The van der Waals surface area contributed by atoms with E-state index in [1.54, 1.807) is 0 Å². The lowest BCUT2D eigenvalue weighted by atomic mass is 10.2. The van der Waals surface area contributed by atoms with Gasteiger partial charge in [0.2, 0.25) is 5.91 Å². The molecule has 0 aliphatic carbocycles. The zero-order chi connectivity index (χ0) is 13.1. The van der Waals surface area contributed by atoms with Crippen LogP contribution in [0.3, 0.4) is 0 Å². The second-order valence-electron chi connectivity index (χ2n) is 4.17. The number of hydrogen-bond acceptors (Lipinski definition) is 3. The summed E-state index contributed by atoms with van der Waals surface area (Å²) in [6.07, 6.45) is 0.673. The van der Waals surface area contributed by atoms with Gasteiger partial charge in [0, 0.05) is 6.54 Å². The standard InChI is InChI=1S/C13H14FN3O/c1-2-16-11-5-6-17(13(11)18)12-4-3-9(8-15)7-10(12)14/h3-4,7,11,16H,2,5-6H2,1H3. The number of nitrogens with one attached hydrogen (secondary N) is 1. The molecule has 0 bridgehead atoms. The molecule has 1 aromatic rings. The molecule has 1 aliphatic heterocycles. The van der Waals surface area contributed by atoms with Crippen LogP contribution in [0.15, 0.2) is 18.2 Å². The van der Waals surface area contributed by atoms with Crippen LogP contribution in [0.4, 0.5) is 10.1 Å². The number of nitriles is 1. The van der Waals surface area contributed by atoms with Gasteiger partial charge < -0.3 is 10.2 Å². The number of anilines is 1. The Labute approximate surface area is 105 Å². The average Bonchev–Trinajstić information content (AvgIpc) is 2.72. The fourth-order valence-corrected chi connectivity index (χ4v) is 2.15. The Morgan fingerprint density at radius 2 is 2.39 bits per heavy atom. The van der Waals surface area contributed by atoms with Gasteiger partial charge in [-0.05, 0) is 31.2 Å². The maximum atomic E-state index is 13.8. The highest BCUT2D eigenvalue weighted by atomic mass is 19.1. The molecule has 1 N–H and O–H groups in total. The largest absolute Gasteiger partial charge is 0.308 e. The molecule has 0 spiro atoms. The van der Waals surface area contributed by atoms with E-state index >= 15 is 0 Å². The van der Waals surface area contributed by atoms with E-state index in [0.717, 1.165) is 6.07 Å². The number of hydrogen-bond donors (Lipinski definition) is 1. The Balaban J connectivity index is 2.23. The minimum absolute atomic E-state index is 0.111. The smallest absolute Gasteiger partial charge is 0.244 e. The predicted molar refractivity (Wildman–Crippen MR) is 65.5 cm³/mol. The number of carbonyl (C=O) groups excluding carboxylic acids is 1. The first-order valence-corrected chi connectivity index (χ1v) is 5.91. The second kappa shape index (κ2) is 5.15. The van der Waals surface area contributed by atoms with Gasteiger partial charge in [0.1, 0.15) is 5.82 Å². The molecule has 94 valence electrons. The SMILES string of the molecule is CCNC1CCN(c2ccc(C#N)cc2F)C1=O. The molecule has 4 nitrogen and oxygen atoms in total. The van der Waals surface area contributed by atoms with Gasteiger partial charge in [-0.3, -0.25) is 4.79 Å². The summed E-state index contributed by atoms with van der Waals surface area (Å²) in [6, 6.07) is 5.80. The number of nitrogens with zero attached hydrogens (tertiary/aromatic N) is 2. The summed E-state index contributed by atoms with van der Waals surface area (Å²) in [5.74, 6) is -0.639. The highest BCUT2D eigenvalue weighted by Crippen LogP contribution is 2.25. The Kier molecular flexibility index (Phi) is 3.58. The van der Waals surface area contributed by atoms with Gasteiger partial charge in [-0.25, -0.2) is 4.39 Å². The highest BCUT2D eigenvalue weighted by Gasteiger charge is 2.33. The lowest BCUT2D eigenvalue weighted by Crippen LogP contribution is -2.38. The summed E-state index contributed by atoms with van der Waals surface area (Å²) in [5.41, 5.74) is 0.505. The lowest BCUT2D eigenvalue weighted by Gasteiger charge is -2.17. The third kappa shape index (κ3) is 2.20. The summed E-state index contributed by atoms with van der Waals surface area (Å²) in [5, 5.41) is 11.7. The van der Waals surface area contributed by atoms with Crippen LogP contribution in [-0.4, -0.2) is 25.0 Å². The number of benzene rings is 1. The summed E-state index contributed by atoms with van der Waals surface area (Å²) < 4.78 is 13.8. The van der Waals surface area contributed by atoms with E-state index in [-0.39, 0.29) is 23.2 Å². The van der Waals surface area contributed by atoms with E-state index in [2.05, 4.69) is 5.32 Å². The van der Waals surface area contributed by atoms with Crippen LogP contribution in [0.5, 0.6) is 0 Å². The van der Waals surface area contributed by atoms with Gasteiger partial charge in [-0.1, -0.05) is 6.92 Å². The predicted octanol–water partition coefficient (Wildman–Crippen LogP) is 1.41. The number of carbonyl (C=O) groups is 1. The molecule has 18 heavy (non-hydrogen) atoms. The zero-order valence-corrected chi connectivity index (χ0v) is 10.1. The summed E-state index contributed by atoms with van der Waals surface area (Å²) in [6.45, 7) is 3.14. The van der Waals surface area contributed by atoms with Gasteiger partial charge in [0.25, 0.3) is 0 Å². The van der Waals surface area contributed by atoms with E-state index in [1.165, 1.54) is 17.0 Å². The number of rotatable bonds is 3. The maximum absolute atomic E-state index is 13.8. The van der Waals surface area contributed by atoms with Crippen LogP contribution < -0.4 is 10.2 Å². The fourth-order valence-electron chi connectivity index (χ4n) is 2.15. The minimum atomic E-state index is -0.528. The van der Waals surface area contributed by atoms with Gasteiger partial charge >= 0.3 is 0 Å². The molecule has 1 amide bonds. The molecule has 1 heterocycles. The Hall–Kier alpha value is -1.93. The average molecular weight is 247 g/mol. The van der Waals surface area contributed by atoms with E-state index in [0.29, 0.717) is 19.5 Å². The topological polar surface area (TPSA) is 56.1 Å². The molecule has 5 heteroatoms. The first-order valence-electron chi connectivity index (χ1n) is 5.91. The molecule has 1 saturated heterocycles. The molecule has 2 rings (SSSR count). The van der Waals surface area contributed by atoms with Gasteiger partial charge in [-0.15, -0.1) is 0 Å². The van der Waals surface area contributed by atoms with Crippen LogP contribution in [0.1, 0.15) is 18.9 Å². The van der Waals surface area contributed by atoms with Crippen molar-refractivity contribution in [3.05, 3.63) is 29.6 Å². The summed E-state index contributed by atoms with van der Waals surface area (Å²) in [7, 11) is 0. The summed E-state index contributed by atoms with van der Waals surface area (Å²) in [4.78, 5) is 13.5. The van der Waals surface area contributed by atoms with Gasteiger partial charge in [0.15, 0.2) is 0 Å². The molecule has 0 aromatic heterocycles. The van der Waals surface area contributed by atoms with Crippen LogP contribution in [0, 0.1) is 17.1 Å². The van der Waals surface area contributed by atoms with Crippen molar-refractivity contribution >= 4 is 11.6 Å². The quantitative estimate of drug-likeness (QED) is 0.878. The minimum Gasteiger partial charge on any atom is -0.308 e. The van der Waals surface area contributed by atoms with Crippen LogP contribution in [-0.2, 0) is 4.79 Å². The molecule has 0 radical (unpaired) electrons. The molecule has 1 fully saturated rings. The molecule has 1 aliphatic rings. The molecular weight excluding hydrogens is 233 g/mol. The third-order valence-electron chi connectivity index (χ3n) is 3.02. The first kappa shape index (κ1) is 12.5. The van der Waals surface area contributed by atoms with E-state index in [9.17, 15) is 9.18 Å². The number of amides is 1. The number of likely N-dealkylation sites (N-methyl/N-ethyl adjacent to an activating group) is 1. The number of halogens is 1. The zero-order valence-electron chi connectivity index (χ0n) is 10.1. The van der Waals surface area contributed by atoms with Crippen molar-refractivity contribution in [2.75, 3.05) is 18.0 Å². The van der Waals surface area contributed by atoms with Crippen molar-refractivity contribution in [2.45, 2.75) is 19.4 Å². The normalized spacial score (nSPS) is 19.1. The van der Waals surface area contributed by atoms with Crippen molar-refractivity contribution in [3.63, 3.8) is 0 Å². The van der Waals surface area contributed by atoms with Crippen molar-refractivity contribution in [2.24, 2.45) is 0 Å². The van der Waals surface area contributed by atoms with Crippen LogP contribution in [0.25, 0.3) is 0 Å². The Bertz CT molecular complexity index is 509. The molecular formula is C13H14FN3O. The monoisotopic (exact) mass is 247 g/mol. The third-order valence-corrected chi connectivity index (χ3v) is 3.02. The fraction of sp³-hybridized carbons (Fsp3) is 0.385. The molecule has 1 unspecified atom stereocenters. The Morgan fingerprint density at radius 3 is 3.00 bits per heavy atom. The van der Waals surface area contributed by atoms with Gasteiger partial charge in [-0.2, -0.15) is 5.26 Å². The summed E-state index contributed by atoms with van der Waals surface area (Å²) >= 11 is 0. The maximum Gasteiger partial charge on any atom is 0.244 e. The van der Waals surface area contributed by atoms with Crippen LogP contribution >= 0.6 is 0 Å². The van der Waals surface area contributed by atoms with Crippen molar-refractivity contribution in [1.82, 2.24) is 5.32 Å². The Morgan fingerprint density at radius 1 is 1.61 bits per heavy atom. The van der Waals surface area contributed by atoms with E-state index < -0.39 is 5.82 Å². The lowest BCUT2D eigenvalue weighted by molar-refractivity contribution is -0.118. The molecule has 1 aromatic carbocycles. The van der Waals surface area contributed by atoms with Crippen molar-refractivity contribution in [1.29, 1.82) is 5.26 Å². The van der Waals surface area contributed by atoms with Crippen molar-refractivity contribution in [3.8, 4) is 6.07 Å². The first-order chi connectivity index (χ1) is 8.67. The van der Waals surface area contributed by atoms with Crippen molar-refractivity contribution < 1.29 is 9.18 Å².